The van der Waals surface area contributed by atoms with Crippen molar-refractivity contribution in [2.24, 2.45) is 0 Å². The lowest BCUT2D eigenvalue weighted by atomic mass is 9.91. The van der Waals surface area contributed by atoms with Gasteiger partial charge in [-0.2, -0.15) is 0 Å². The van der Waals surface area contributed by atoms with Crippen molar-refractivity contribution < 1.29 is 8.42 Å². The summed E-state index contributed by atoms with van der Waals surface area (Å²) in [4.78, 5) is 8.73. The molecule has 0 radical (unpaired) electrons. The SMILES string of the molecule is [C-]#[N+]c1ccc2c(c1)c1ccccc1n2-c1ccc2c(c1)-c1cc(-c3cc(-c4ccccc4)nc(-c4ccccc4)c3)ccc1CS(=O)(=O)C2. The third-order valence-corrected chi connectivity index (χ3v) is 11.1. The predicted molar refractivity (Wildman–Crippen MR) is 203 cm³/mol. The minimum Gasteiger partial charge on any atom is -0.309 e. The number of nitrogens with zero attached hydrogens (tertiary/aromatic N) is 3. The molecule has 50 heavy (non-hydrogen) atoms. The van der Waals surface area contributed by atoms with Crippen molar-refractivity contribution in [2.45, 2.75) is 11.5 Å². The molecule has 0 aliphatic carbocycles. The van der Waals surface area contributed by atoms with E-state index in [0.717, 1.165) is 83.4 Å². The van der Waals surface area contributed by atoms with Gasteiger partial charge < -0.3 is 4.57 Å². The molecule has 8 aromatic rings. The molecule has 0 saturated heterocycles. The van der Waals surface area contributed by atoms with Gasteiger partial charge in [0.1, 0.15) is 0 Å². The molecule has 0 atom stereocenters. The summed E-state index contributed by atoms with van der Waals surface area (Å²) in [6, 6.07) is 50.8. The number of fused-ring (bicyclic) bond motifs is 6. The number of benzene rings is 6. The molecule has 0 amide bonds. The van der Waals surface area contributed by atoms with Crippen LogP contribution in [0.3, 0.4) is 0 Å². The molecule has 0 fully saturated rings. The van der Waals surface area contributed by atoms with Gasteiger partial charge in [0.25, 0.3) is 0 Å². The molecular formula is C44H29N3O2S. The van der Waals surface area contributed by atoms with E-state index in [-0.39, 0.29) is 11.5 Å². The third-order valence-electron chi connectivity index (χ3n) is 9.59. The largest absolute Gasteiger partial charge is 0.309 e. The summed E-state index contributed by atoms with van der Waals surface area (Å²) in [5.74, 6) is -0.0536. The maximum Gasteiger partial charge on any atom is 0.188 e. The lowest BCUT2D eigenvalue weighted by Crippen LogP contribution is -2.05. The van der Waals surface area contributed by atoms with Crippen molar-refractivity contribution in [1.29, 1.82) is 0 Å². The lowest BCUT2D eigenvalue weighted by Gasteiger charge is -2.16. The van der Waals surface area contributed by atoms with E-state index in [1.165, 1.54) is 0 Å². The van der Waals surface area contributed by atoms with Crippen molar-refractivity contribution in [1.82, 2.24) is 9.55 Å². The van der Waals surface area contributed by atoms with E-state index in [9.17, 15) is 8.42 Å². The predicted octanol–water partition coefficient (Wildman–Crippen LogP) is 10.8. The topological polar surface area (TPSA) is 56.3 Å². The molecule has 3 heterocycles. The van der Waals surface area contributed by atoms with Crippen LogP contribution in [-0.2, 0) is 21.3 Å². The van der Waals surface area contributed by atoms with Gasteiger partial charge in [0.2, 0.25) is 0 Å². The van der Waals surface area contributed by atoms with Crippen LogP contribution >= 0.6 is 0 Å². The minimum atomic E-state index is -3.40. The molecule has 0 spiro atoms. The first kappa shape index (κ1) is 29.8. The Labute approximate surface area is 290 Å². The van der Waals surface area contributed by atoms with Crippen molar-refractivity contribution in [3.05, 3.63) is 174 Å². The van der Waals surface area contributed by atoms with Gasteiger partial charge in [-0.05, 0) is 87.3 Å². The van der Waals surface area contributed by atoms with E-state index < -0.39 is 9.84 Å². The van der Waals surface area contributed by atoms with Gasteiger partial charge in [-0.1, -0.05) is 103 Å². The van der Waals surface area contributed by atoms with E-state index in [2.05, 4.69) is 70.1 Å². The van der Waals surface area contributed by atoms with Crippen LogP contribution in [-0.4, -0.2) is 18.0 Å². The van der Waals surface area contributed by atoms with Crippen LogP contribution in [0.2, 0.25) is 0 Å². The molecule has 0 saturated carbocycles. The molecule has 5 nitrogen and oxygen atoms in total. The lowest BCUT2D eigenvalue weighted by molar-refractivity contribution is 0.595. The first-order valence-corrected chi connectivity index (χ1v) is 18.3. The van der Waals surface area contributed by atoms with Crippen LogP contribution < -0.4 is 0 Å². The van der Waals surface area contributed by atoms with Gasteiger partial charge in [-0.3, -0.25) is 0 Å². The van der Waals surface area contributed by atoms with E-state index in [1.807, 2.05) is 91.0 Å². The number of rotatable bonds is 4. The highest BCUT2D eigenvalue weighted by Crippen LogP contribution is 2.41. The van der Waals surface area contributed by atoms with Gasteiger partial charge in [0.15, 0.2) is 15.5 Å². The zero-order valence-electron chi connectivity index (χ0n) is 26.9. The fourth-order valence-corrected chi connectivity index (χ4v) is 8.81. The Morgan fingerprint density at radius 3 is 1.82 bits per heavy atom. The van der Waals surface area contributed by atoms with Crippen LogP contribution in [0.4, 0.5) is 5.69 Å². The summed E-state index contributed by atoms with van der Waals surface area (Å²) >= 11 is 0. The number of pyridine rings is 1. The number of hydrogen-bond donors (Lipinski definition) is 0. The van der Waals surface area contributed by atoms with Crippen LogP contribution in [0.1, 0.15) is 11.1 Å². The first-order chi connectivity index (χ1) is 24.4. The smallest absolute Gasteiger partial charge is 0.188 e. The second-order valence-corrected chi connectivity index (χ2v) is 14.8. The monoisotopic (exact) mass is 663 g/mol. The highest BCUT2D eigenvalue weighted by molar-refractivity contribution is 7.89. The van der Waals surface area contributed by atoms with Crippen LogP contribution in [0.15, 0.2) is 152 Å². The molecule has 1 aliphatic heterocycles. The highest BCUT2D eigenvalue weighted by Gasteiger charge is 2.25. The van der Waals surface area contributed by atoms with Crippen LogP contribution in [0, 0.1) is 6.57 Å². The molecule has 1 aliphatic rings. The zero-order chi connectivity index (χ0) is 33.8. The fourth-order valence-electron chi connectivity index (χ4n) is 7.26. The molecule has 2 aromatic heterocycles. The Morgan fingerprint density at radius 2 is 1.14 bits per heavy atom. The van der Waals surface area contributed by atoms with Gasteiger partial charge in [0, 0.05) is 22.2 Å². The second-order valence-electron chi connectivity index (χ2n) is 12.8. The van der Waals surface area contributed by atoms with Gasteiger partial charge in [-0.25, -0.2) is 18.2 Å². The summed E-state index contributed by atoms with van der Waals surface area (Å²) in [6.07, 6.45) is 0. The molecule has 0 bridgehead atoms. The van der Waals surface area contributed by atoms with Crippen molar-refractivity contribution in [2.75, 3.05) is 0 Å². The Balaban J connectivity index is 1.26. The molecule has 6 heteroatoms. The van der Waals surface area contributed by atoms with Gasteiger partial charge in [-0.15, -0.1) is 0 Å². The second kappa shape index (κ2) is 11.7. The summed E-state index contributed by atoms with van der Waals surface area (Å²) in [5, 5.41) is 2.07. The molecule has 6 aromatic carbocycles. The average molecular weight is 664 g/mol. The highest BCUT2D eigenvalue weighted by atomic mass is 32.2. The number of aromatic nitrogens is 2. The number of para-hydroxylation sites is 1. The quantitative estimate of drug-likeness (QED) is 0.176. The van der Waals surface area contributed by atoms with Crippen LogP contribution in [0.5, 0.6) is 0 Å². The van der Waals surface area contributed by atoms with Crippen molar-refractivity contribution in [3.8, 4) is 50.5 Å². The van der Waals surface area contributed by atoms with Gasteiger partial charge in [0.05, 0.1) is 40.5 Å². The summed E-state index contributed by atoms with van der Waals surface area (Å²) in [6.45, 7) is 7.58. The maximum absolute atomic E-state index is 13.4. The third kappa shape index (κ3) is 5.16. The summed E-state index contributed by atoms with van der Waals surface area (Å²) in [7, 11) is -3.40. The molecule has 238 valence electrons. The average Bonchev–Trinajstić information content (AvgIpc) is 3.43. The van der Waals surface area contributed by atoms with Gasteiger partial charge >= 0.3 is 0 Å². The Bertz CT molecular complexity index is 2720. The minimum absolute atomic E-state index is 0.0255. The van der Waals surface area contributed by atoms with Crippen molar-refractivity contribution >= 4 is 37.3 Å². The number of hydrogen-bond acceptors (Lipinski definition) is 3. The number of sulfone groups is 1. The van der Waals surface area contributed by atoms with Crippen molar-refractivity contribution in [3.63, 3.8) is 0 Å². The van der Waals surface area contributed by atoms with E-state index in [0.29, 0.717) is 5.69 Å². The molecule has 0 unspecified atom stereocenters. The van der Waals surface area contributed by atoms with Crippen LogP contribution in [0.25, 0.3) is 77.1 Å². The Morgan fingerprint density at radius 1 is 0.540 bits per heavy atom. The van der Waals surface area contributed by atoms with E-state index in [4.69, 9.17) is 11.6 Å². The molecular weight excluding hydrogens is 635 g/mol. The Kier molecular flexibility index (Phi) is 6.97. The summed E-state index contributed by atoms with van der Waals surface area (Å²) < 4.78 is 29.1. The van der Waals surface area contributed by atoms with E-state index >= 15 is 0 Å². The van der Waals surface area contributed by atoms with E-state index in [1.54, 1.807) is 0 Å². The molecule has 0 N–H and O–H groups in total. The standard InChI is InChI=1S/C44H29N3O2S/c1-45-35-19-21-44-40(25-35)37-14-8-9-15-43(37)47(44)36-20-18-33-28-50(48,49)27-32-17-16-31(22-38(32)39(33)26-36)34-23-41(29-10-4-2-5-11-29)46-42(24-34)30-12-6-3-7-13-30/h2-26H,27-28H2. The molecule has 9 rings (SSSR count). The first-order valence-electron chi connectivity index (χ1n) is 16.5. The Hall–Kier alpha value is -6.29. The maximum atomic E-state index is 13.4. The summed E-state index contributed by atoms with van der Waals surface area (Å²) in [5.41, 5.74) is 12.7. The zero-order valence-corrected chi connectivity index (χ0v) is 27.7. The normalized spacial score (nSPS) is 13.3. The fraction of sp³-hybridized carbons (Fsp3) is 0.0455.